The molecule has 0 aliphatic rings. The summed E-state index contributed by atoms with van der Waals surface area (Å²) in [5, 5.41) is 11.4. The minimum atomic E-state index is -0.297. The molecule has 0 atom stereocenters. The topological polar surface area (TPSA) is 64.4 Å². The lowest BCUT2D eigenvalue weighted by Crippen LogP contribution is -2.02. The molecule has 0 spiro atoms. The fraction of sp³-hybridized carbons (Fsp3) is 0.286. The molecular weight excluding hydrogens is 391 g/mol. The van der Waals surface area contributed by atoms with E-state index in [1.165, 1.54) is 6.07 Å². The Morgan fingerprint density at radius 2 is 2.00 bits per heavy atom. The van der Waals surface area contributed by atoms with E-state index < -0.39 is 0 Å². The predicted octanol–water partition coefficient (Wildman–Crippen LogP) is 4.89. The van der Waals surface area contributed by atoms with Gasteiger partial charge in [0.05, 0.1) is 12.8 Å². The molecule has 29 heavy (non-hydrogen) atoms. The third kappa shape index (κ3) is 5.29. The number of aryl methyl sites for hydroxylation is 1. The summed E-state index contributed by atoms with van der Waals surface area (Å²) >= 11 is 5.24. The van der Waals surface area contributed by atoms with E-state index in [-0.39, 0.29) is 12.4 Å². The van der Waals surface area contributed by atoms with Crippen molar-refractivity contribution < 1.29 is 13.9 Å². The van der Waals surface area contributed by atoms with Gasteiger partial charge in [-0.15, -0.1) is 0 Å². The van der Waals surface area contributed by atoms with Crippen molar-refractivity contribution >= 4 is 18.4 Å². The van der Waals surface area contributed by atoms with E-state index in [0.29, 0.717) is 28.4 Å². The number of H-pyrrole nitrogens is 1. The maximum absolute atomic E-state index is 13.8. The first-order valence-electron chi connectivity index (χ1n) is 9.46. The van der Waals surface area contributed by atoms with Crippen LogP contribution in [0, 0.1) is 10.6 Å². The van der Waals surface area contributed by atoms with Crippen LogP contribution in [0.3, 0.4) is 0 Å². The molecule has 0 aliphatic heterocycles. The van der Waals surface area contributed by atoms with Crippen LogP contribution in [0.4, 0.5) is 4.39 Å². The lowest BCUT2D eigenvalue weighted by atomic mass is 10.2. The number of hydrogen-bond donors (Lipinski definition) is 1. The van der Waals surface area contributed by atoms with E-state index in [1.54, 1.807) is 35.2 Å². The summed E-state index contributed by atoms with van der Waals surface area (Å²) in [7, 11) is 0. The van der Waals surface area contributed by atoms with Gasteiger partial charge < -0.3 is 9.47 Å². The number of hydrogen-bond acceptors (Lipinski definition) is 5. The molecule has 6 nitrogen and oxygen atoms in total. The summed E-state index contributed by atoms with van der Waals surface area (Å²) < 4.78 is 27.3. The van der Waals surface area contributed by atoms with Crippen molar-refractivity contribution in [3.8, 4) is 11.5 Å². The Balaban J connectivity index is 1.80. The number of halogens is 1. The number of rotatable bonds is 9. The zero-order valence-corrected chi connectivity index (χ0v) is 17.2. The summed E-state index contributed by atoms with van der Waals surface area (Å²) in [6.07, 6.45) is 3.41. The summed E-state index contributed by atoms with van der Waals surface area (Å²) in [6.45, 7) is 4.55. The lowest BCUT2D eigenvalue weighted by Gasteiger charge is -2.13. The minimum Gasteiger partial charge on any atom is -0.490 e. The zero-order valence-electron chi connectivity index (χ0n) is 16.4. The lowest BCUT2D eigenvalue weighted by molar-refractivity contribution is 0.266. The number of ether oxygens (including phenoxy) is 2. The van der Waals surface area contributed by atoms with Crippen molar-refractivity contribution in [2.75, 3.05) is 6.61 Å². The molecule has 0 amide bonds. The zero-order chi connectivity index (χ0) is 20.6. The highest BCUT2D eigenvalue weighted by molar-refractivity contribution is 7.71. The van der Waals surface area contributed by atoms with E-state index in [4.69, 9.17) is 21.7 Å². The molecule has 1 N–H and O–H groups in total. The van der Waals surface area contributed by atoms with Gasteiger partial charge in [-0.3, -0.25) is 5.10 Å². The van der Waals surface area contributed by atoms with Crippen molar-refractivity contribution in [1.29, 1.82) is 0 Å². The maximum atomic E-state index is 13.8. The van der Waals surface area contributed by atoms with Crippen LogP contribution in [0.15, 0.2) is 47.6 Å². The molecule has 1 heterocycles. The van der Waals surface area contributed by atoms with Gasteiger partial charge in [-0.25, -0.2) is 4.39 Å². The van der Waals surface area contributed by atoms with Crippen molar-refractivity contribution in [3.63, 3.8) is 0 Å². The van der Waals surface area contributed by atoms with E-state index in [9.17, 15) is 4.39 Å². The molecule has 3 rings (SSSR count). The monoisotopic (exact) mass is 414 g/mol. The summed E-state index contributed by atoms with van der Waals surface area (Å²) in [5.74, 6) is 1.59. The molecule has 0 unspecified atom stereocenters. The second-order valence-electron chi connectivity index (χ2n) is 6.27. The third-order valence-electron chi connectivity index (χ3n) is 4.12. The number of aromatic nitrogens is 3. The van der Waals surface area contributed by atoms with Crippen molar-refractivity contribution in [1.82, 2.24) is 14.9 Å². The van der Waals surface area contributed by atoms with Crippen molar-refractivity contribution in [3.05, 3.63) is 70.0 Å². The first kappa shape index (κ1) is 20.7. The summed E-state index contributed by atoms with van der Waals surface area (Å²) in [6, 6.07) is 12.0. The Kier molecular flexibility index (Phi) is 7.13. The minimum absolute atomic E-state index is 0.116. The van der Waals surface area contributed by atoms with E-state index in [2.05, 4.69) is 22.2 Å². The third-order valence-corrected chi connectivity index (χ3v) is 4.39. The van der Waals surface area contributed by atoms with Gasteiger partial charge in [0.25, 0.3) is 0 Å². The Morgan fingerprint density at radius 3 is 2.76 bits per heavy atom. The molecule has 0 saturated carbocycles. The van der Waals surface area contributed by atoms with Crippen LogP contribution in [0.5, 0.6) is 11.5 Å². The number of benzene rings is 2. The van der Waals surface area contributed by atoms with Crippen LogP contribution in [0.2, 0.25) is 0 Å². The number of nitrogens with one attached hydrogen (secondary N) is 1. The fourth-order valence-corrected chi connectivity index (χ4v) is 2.91. The van der Waals surface area contributed by atoms with Gasteiger partial charge in [0.15, 0.2) is 17.3 Å². The van der Waals surface area contributed by atoms with Crippen LogP contribution in [0.25, 0.3) is 0 Å². The van der Waals surface area contributed by atoms with E-state index in [1.807, 2.05) is 19.1 Å². The largest absolute Gasteiger partial charge is 0.490 e. The molecular formula is C21H23FN4O2S. The Bertz CT molecular complexity index is 1050. The molecule has 152 valence electrons. The highest BCUT2D eigenvalue weighted by Gasteiger charge is 2.09. The van der Waals surface area contributed by atoms with Gasteiger partial charge in [0.2, 0.25) is 4.77 Å². The number of nitrogens with zero attached hydrogens (tertiary/aromatic N) is 3. The van der Waals surface area contributed by atoms with Crippen LogP contribution < -0.4 is 9.47 Å². The van der Waals surface area contributed by atoms with Gasteiger partial charge in [-0.05, 0) is 55.4 Å². The van der Waals surface area contributed by atoms with Crippen molar-refractivity contribution in [2.24, 2.45) is 5.10 Å². The highest BCUT2D eigenvalue weighted by atomic mass is 32.1. The van der Waals surface area contributed by atoms with E-state index >= 15 is 0 Å². The van der Waals surface area contributed by atoms with Gasteiger partial charge in [0.1, 0.15) is 12.4 Å². The second kappa shape index (κ2) is 9.97. The Hall–Kier alpha value is -3.00. The molecule has 0 bridgehead atoms. The molecule has 1 aromatic heterocycles. The van der Waals surface area contributed by atoms with Gasteiger partial charge >= 0.3 is 0 Å². The standard InChI is InChI=1S/C21H23FN4O2S/c1-3-7-20-24-25-21(29)26(20)23-13-15-10-11-18(19(12-15)27-4-2)28-14-16-8-5-6-9-17(16)22/h5-6,8-13H,3-4,7,14H2,1-2H3,(H,25,29)/b23-13+. The first-order valence-corrected chi connectivity index (χ1v) is 9.86. The Morgan fingerprint density at radius 1 is 1.17 bits per heavy atom. The quantitative estimate of drug-likeness (QED) is 0.400. The average Bonchev–Trinajstić information content (AvgIpc) is 3.07. The van der Waals surface area contributed by atoms with Gasteiger partial charge in [0, 0.05) is 12.0 Å². The molecule has 0 saturated heterocycles. The SMILES string of the molecule is CCCc1n[nH]c(=S)n1/N=C/c1ccc(OCc2ccccc2F)c(OCC)c1. The molecule has 2 aromatic carbocycles. The number of aromatic amines is 1. The molecule has 0 fully saturated rings. The Labute approximate surface area is 174 Å². The molecule has 8 heteroatoms. The fourth-order valence-electron chi connectivity index (χ4n) is 2.72. The first-order chi connectivity index (χ1) is 14.1. The van der Waals surface area contributed by atoms with Crippen LogP contribution in [-0.4, -0.2) is 27.7 Å². The van der Waals surface area contributed by atoms with Gasteiger partial charge in [-0.1, -0.05) is 25.1 Å². The average molecular weight is 415 g/mol. The summed E-state index contributed by atoms with van der Waals surface area (Å²) in [5.41, 5.74) is 1.30. The van der Waals surface area contributed by atoms with Crippen molar-refractivity contribution in [2.45, 2.75) is 33.3 Å². The summed E-state index contributed by atoms with van der Waals surface area (Å²) in [4.78, 5) is 0. The molecule has 0 aliphatic carbocycles. The second-order valence-corrected chi connectivity index (χ2v) is 6.66. The molecule has 3 aromatic rings. The smallest absolute Gasteiger partial charge is 0.216 e. The predicted molar refractivity (Wildman–Crippen MR) is 113 cm³/mol. The van der Waals surface area contributed by atoms with Crippen LogP contribution in [-0.2, 0) is 13.0 Å². The van der Waals surface area contributed by atoms with Crippen LogP contribution >= 0.6 is 12.2 Å². The van der Waals surface area contributed by atoms with E-state index in [0.717, 1.165) is 24.2 Å². The maximum Gasteiger partial charge on any atom is 0.216 e. The van der Waals surface area contributed by atoms with Gasteiger partial charge in [-0.2, -0.15) is 14.9 Å². The van der Waals surface area contributed by atoms with Crippen LogP contribution in [0.1, 0.15) is 37.2 Å². The highest BCUT2D eigenvalue weighted by Crippen LogP contribution is 2.29. The normalized spacial score (nSPS) is 11.1. The molecule has 0 radical (unpaired) electrons.